The van der Waals surface area contributed by atoms with Gasteiger partial charge < -0.3 is 0 Å². The van der Waals surface area contributed by atoms with Crippen LogP contribution in [0.25, 0.3) is 0 Å². The summed E-state index contributed by atoms with van der Waals surface area (Å²) >= 11 is 0. The maximum absolute atomic E-state index is 2.49. The summed E-state index contributed by atoms with van der Waals surface area (Å²) in [5.74, 6) is 1.68. The average Bonchev–Trinajstić information content (AvgIpc) is 2.39. The van der Waals surface area contributed by atoms with E-state index in [-0.39, 0.29) is 0 Å². The summed E-state index contributed by atoms with van der Waals surface area (Å²) < 4.78 is 0. The van der Waals surface area contributed by atoms with Crippen LogP contribution in [0, 0.1) is 22.7 Å². The third-order valence-electron chi connectivity index (χ3n) is 6.12. The number of rotatable bonds is 9. The van der Waals surface area contributed by atoms with E-state index in [1.807, 2.05) is 0 Å². The Balaban J connectivity index is 5.18. The van der Waals surface area contributed by atoms with Crippen LogP contribution in [0.1, 0.15) is 93.9 Å². The zero-order valence-electron chi connectivity index (χ0n) is 14.4. The molecule has 0 fully saturated rings. The van der Waals surface area contributed by atoms with Crippen molar-refractivity contribution in [1.82, 2.24) is 0 Å². The summed E-state index contributed by atoms with van der Waals surface area (Å²) in [4.78, 5) is 0. The van der Waals surface area contributed by atoms with Gasteiger partial charge >= 0.3 is 0 Å². The van der Waals surface area contributed by atoms with E-state index in [1.54, 1.807) is 0 Å². The molecular formula is C18H38. The zero-order chi connectivity index (χ0) is 14.4. The van der Waals surface area contributed by atoms with E-state index >= 15 is 0 Å². The van der Waals surface area contributed by atoms with E-state index < -0.39 is 0 Å². The maximum atomic E-state index is 2.49. The van der Waals surface area contributed by atoms with Crippen molar-refractivity contribution in [2.45, 2.75) is 93.9 Å². The molecule has 0 nitrogen and oxygen atoms in total. The first-order valence-corrected chi connectivity index (χ1v) is 8.34. The maximum Gasteiger partial charge on any atom is -0.0274 e. The van der Waals surface area contributed by atoms with Gasteiger partial charge in [0.05, 0.1) is 0 Å². The fourth-order valence-electron chi connectivity index (χ4n) is 3.77. The normalized spacial score (nSPS) is 15.2. The van der Waals surface area contributed by atoms with Crippen molar-refractivity contribution in [3.05, 3.63) is 0 Å². The quantitative estimate of drug-likeness (QED) is 0.430. The molecule has 0 spiro atoms. The molecule has 0 aliphatic carbocycles. The summed E-state index contributed by atoms with van der Waals surface area (Å²) in [6.45, 7) is 19.3. The summed E-state index contributed by atoms with van der Waals surface area (Å²) in [7, 11) is 0. The Morgan fingerprint density at radius 3 is 1.33 bits per heavy atom. The topological polar surface area (TPSA) is 0 Å². The van der Waals surface area contributed by atoms with Gasteiger partial charge in [0.1, 0.15) is 0 Å². The van der Waals surface area contributed by atoms with Crippen LogP contribution in [0.5, 0.6) is 0 Å². The molecule has 0 radical (unpaired) electrons. The summed E-state index contributed by atoms with van der Waals surface area (Å²) in [6, 6.07) is 0. The standard InChI is InChI=1S/C18H38/c1-9-17(8,10-2)14-16(15(6)7)18(11-3,12-4)13-5/h15-16H,9-14H2,1-8H3. The Morgan fingerprint density at radius 2 is 1.11 bits per heavy atom. The van der Waals surface area contributed by atoms with Gasteiger partial charge in [0.15, 0.2) is 0 Å². The van der Waals surface area contributed by atoms with Gasteiger partial charge in [-0.15, -0.1) is 0 Å². The highest BCUT2D eigenvalue weighted by Crippen LogP contribution is 2.49. The van der Waals surface area contributed by atoms with Crippen LogP contribution in [0.15, 0.2) is 0 Å². The lowest BCUT2D eigenvalue weighted by Gasteiger charge is -2.46. The molecule has 0 heterocycles. The Labute approximate surface area is 117 Å². The molecule has 0 saturated heterocycles. The fourth-order valence-corrected chi connectivity index (χ4v) is 3.77. The average molecular weight is 255 g/mol. The molecule has 0 saturated carbocycles. The van der Waals surface area contributed by atoms with Crippen LogP contribution < -0.4 is 0 Å². The van der Waals surface area contributed by atoms with Crippen LogP contribution in [-0.4, -0.2) is 0 Å². The highest BCUT2D eigenvalue weighted by molar-refractivity contribution is 4.89. The fraction of sp³-hybridized carbons (Fsp3) is 1.00. The third-order valence-corrected chi connectivity index (χ3v) is 6.12. The van der Waals surface area contributed by atoms with Crippen LogP contribution in [0.4, 0.5) is 0 Å². The first-order valence-electron chi connectivity index (χ1n) is 8.34. The van der Waals surface area contributed by atoms with Crippen LogP contribution in [0.2, 0.25) is 0 Å². The van der Waals surface area contributed by atoms with E-state index in [4.69, 9.17) is 0 Å². The lowest BCUT2D eigenvalue weighted by atomic mass is 9.59. The minimum absolute atomic E-state index is 0.541. The molecule has 0 bridgehead atoms. The van der Waals surface area contributed by atoms with Gasteiger partial charge in [0.2, 0.25) is 0 Å². The van der Waals surface area contributed by atoms with Crippen molar-refractivity contribution in [3.63, 3.8) is 0 Å². The number of hydrogen-bond acceptors (Lipinski definition) is 0. The van der Waals surface area contributed by atoms with Crippen LogP contribution >= 0.6 is 0 Å². The van der Waals surface area contributed by atoms with E-state index in [0.29, 0.717) is 10.8 Å². The van der Waals surface area contributed by atoms with Crippen molar-refractivity contribution in [1.29, 1.82) is 0 Å². The Hall–Kier alpha value is 0. The van der Waals surface area contributed by atoms with Gasteiger partial charge in [0, 0.05) is 0 Å². The molecular weight excluding hydrogens is 216 g/mol. The second-order valence-electron chi connectivity index (χ2n) is 7.00. The van der Waals surface area contributed by atoms with Crippen molar-refractivity contribution < 1.29 is 0 Å². The van der Waals surface area contributed by atoms with E-state index in [2.05, 4.69) is 55.4 Å². The Kier molecular flexibility index (Phi) is 7.56. The van der Waals surface area contributed by atoms with E-state index in [0.717, 1.165) is 11.8 Å². The van der Waals surface area contributed by atoms with Gasteiger partial charge in [-0.25, -0.2) is 0 Å². The highest BCUT2D eigenvalue weighted by atomic mass is 14.4. The first-order chi connectivity index (χ1) is 8.34. The van der Waals surface area contributed by atoms with Gasteiger partial charge in [-0.2, -0.15) is 0 Å². The predicted octanol–water partition coefficient (Wildman–Crippen LogP) is 6.69. The molecule has 0 heteroatoms. The zero-order valence-corrected chi connectivity index (χ0v) is 14.4. The third kappa shape index (κ3) is 4.00. The Morgan fingerprint density at radius 1 is 0.722 bits per heavy atom. The molecule has 0 aromatic rings. The highest BCUT2D eigenvalue weighted by Gasteiger charge is 2.39. The second kappa shape index (κ2) is 7.56. The van der Waals surface area contributed by atoms with Crippen molar-refractivity contribution in [2.24, 2.45) is 22.7 Å². The van der Waals surface area contributed by atoms with Crippen molar-refractivity contribution in [3.8, 4) is 0 Å². The number of hydrogen-bond donors (Lipinski definition) is 0. The molecule has 0 rings (SSSR count). The molecule has 1 atom stereocenters. The van der Waals surface area contributed by atoms with Gasteiger partial charge in [-0.3, -0.25) is 0 Å². The van der Waals surface area contributed by atoms with E-state index in [9.17, 15) is 0 Å². The molecule has 0 aliphatic heterocycles. The lowest BCUT2D eigenvalue weighted by Crippen LogP contribution is -2.36. The molecule has 18 heavy (non-hydrogen) atoms. The molecule has 0 amide bonds. The Bertz CT molecular complexity index is 198. The largest absolute Gasteiger partial charge is 0.0649 e. The predicted molar refractivity (Wildman–Crippen MR) is 84.9 cm³/mol. The first kappa shape index (κ1) is 18.0. The van der Waals surface area contributed by atoms with Crippen molar-refractivity contribution in [2.75, 3.05) is 0 Å². The minimum atomic E-state index is 0.541. The molecule has 0 aromatic heterocycles. The van der Waals surface area contributed by atoms with Gasteiger partial charge in [0.25, 0.3) is 0 Å². The van der Waals surface area contributed by atoms with Crippen LogP contribution in [0.3, 0.4) is 0 Å². The summed E-state index contributed by atoms with van der Waals surface area (Å²) in [6.07, 6.45) is 8.07. The monoisotopic (exact) mass is 254 g/mol. The molecule has 0 N–H and O–H groups in total. The smallest absolute Gasteiger partial charge is 0.0274 e. The molecule has 1 unspecified atom stereocenters. The molecule has 110 valence electrons. The second-order valence-corrected chi connectivity index (χ2v) is 7.00. The van der Waals surface area contributed by atoms with Crippen LogP contribution in [-0.2, 0) is 0 Å². The molecule has 0 aliphatic rings. The SMILES string of the molecule is CCC(C)(CC)CC(C(C)C)C(CC)(CC)CC. The molecule has 0 aromatic carbocycles. The summed E-state index contributed by atoms with van der Waals surface area (Å²) in [5.41, 5.74) is 1.11. The lowest BCUT2D eigenvalue weighted by molar-refractivity contribution is 0.0442. The minimum Gasteiger partial charge on any atom is -0.0649 e. The summed E-state index contributed by atoms with van der Waals surface area (Å²) in [5, 5.41) is 0. The van der Waals surface area contributed by atoms with Crippen molar-refractivity contribution >= 4 is 0 Å². The van der Waals surface area contributed by atoms with Gasteiger partial charge in [-0.05, 0) is 29.1 Å². The van der Waals surface area contributed by atoms with Gasteiger partial charge in [-0.1, -0.05) is 87.5 Å². The van der Waals surface area contributed by atoms with E-state index in [1.165, 1.54) is 38.5 Å².